The zero-order valence-corrected chi connectivity index (χ0v) is 20.0. The van der Waals surface area contributed by atoms with Crippen molar-refractivity contribution in [1.29, 1.82) is 0 Å². The van der Waals surface area contributed by atoms with Crippen LogP contribution in [0.3, 0.4) is 0 Å². The number of carbonyl (C=O) groups excluding carboxylic acids is 2. The predicted octanol–water partition coefficient (Wildman–Crippen LogP) is 6.02. The number of ketones is 1. The monoisotopic (exact) mass is 445 g/mol. The first-order valence-corrected chi connectivity index (χ1v) is 11.0. The molecule has 0 aromatic carbocycles. The van der Waals surface area contributed by atoms with Gasteiger partial charge in [0.2, 0.25) is 0 Å². The van der Waals surface area contributed by atoms with Crippen LogP contribution in [0.2, 0.25) is 0 Å². The topological polar surface area (TPSA) is 95.2 Å². The molecule has 0 aliphatic carbocycles. The minimum absolute atomic E-state index is 0.0759. The summed E-state index contributed by atoms with van der Waals surface area (Å²) in [6, 6.07) is 1.61. The van der Waals surface area contributed by atoms with E-state index < -0.39 is 17.5 Å². The fourth-order valence-corrected chi connectivity index (χ4v) is 3.03. The lowest BCUT2D eigenvalue weighted by Gasteiger charge is -2.13. The molecule has 1 rings (SSSR count). The van der Waals surface area contributed by atoms with E-state index in [4.69, 9.17) is 9.15 Å². The smallest absolute Gasteiger partial charge is 0.432 e. The molecule has 0 N–H and O–H groups in total. The summed E-state index contributed by atoms with van der Waals surface area (Å²) in [4.78, 5) is 40.1. The number of ether oxygens (including phenoxy) is 2. The lowest BCUT2D eigenvalue weighted by atomic mass is 9.99. The van der Waals surface area contributed by atoms with Gasteiger partial charge in [0, 0.05) is 18.2 Å². The van der Waals surface area contributed by atoms with Crippen LogP contribution in [0.15, 0.2) is 43.6 Å². The average molecular weight is 446 g/mol. The third kappa shape index (κ3) is 8.65. The second-order valence-corrected chi connectivity index (χ2v) is 7.79. The zero-order chi connectivity index (χ0) is 24.1. The summed E-state index contributed by atoms with van der Waals surface area (Å²) in [5, 5.41) is 0. The fraction of sp³-hybridized carbons (Fsp3) is 0.520. The molecule has 1 aromatic rings. The molecule has 0 fully saturated rings. The zero-order valence-electron chi connectivity index (χ0n) is 20.0. The van der Waals surface area contributed by atoms with Gasteiger partial charge in [0.1, 0.15) is 17.1 Å². The summed E-state index contributed by atoms with van der Waals surface area (Å²) < 4.78 is 15.3. The van der Waals surface area contributed by atoms with Crippen LogP contribution in [0, 0.1) is 0 Å². The molecule has 1 unspecified atom stereocenters. The summed E-state index contributed by atoms with van der Waals surface area (Å²) in [5.41, 5.74) is 0.820. The highest BCUT2D eigenvalue weighted by atomic mass is 16.5. The van der Waals surface area contributed by atoms with Gasteiger partial charge in [0.15, 0.2) is 5.78 Å². The highest BCUT2D eigenvalue weighted by Crippen LogP contribution is 2.27. The Bertz CT molecular complexity index is 923. The lowest BCUT2D eigenvalue weighted by molar-refractivity contribution is 0.102. The molecule has 1 aromatic heterocycles. The van der Waals surface area contributed by atoms with Crippen LogP contribution in [0.4, 0.5) is 4.79 Å². The van der Waals surface area contributed by atoms with Gasteiger partial charge in [-0.05, 0) is 51.5 Å². The van der Waals surface area contributed by atoms with Crippen molar-refractivity contribution in [1.82, 2.24) is 0 Å². The van der Waals surface area contributed by atoms with Gasteiger partial charge in [0.25, 0.3) is 0 Å². The van der Waals surface area contributed by atoms with Crippen molar-refractivity contribution in [3.05, 3.63) is 51.1 Å². The standard InChI is InChI=1S/C25H35NO6/c1-7-8-11-17(2)13-14-19(4)23(27)22-21(30-5)16-20(32-24(22)28)18(3)12-9-10-15-26-25(29)31-6/h13-16,18H,7-12H2,1-6H3/b17-13+,19-14+,26-15+. The second kappa shape index (κ2) is 14.2. The number of methoxy groups -OCH3 is 2. The third-order valence-corrected chi connectivity index (χ3v) is 5.11. The highest BCUT2D eigenvalue weighted by molar-refractivity contribution is 6.09. The van der Waals surface area contributed by atoms with Crippen LogP contribution in [0.5, 0.6) is 5.75 Å². The van der Waals surface area contributed by atoms with Crippen LogP contribution < -0.4 is 10.4 Å². The number of aliphatic imine (C=N–C) groups is 1. The molecule has 0 aliphatic rings. The molecular weight excluding hydrogens is 410 g/mol. The van der Waals surface area contributed by atoms with Crippen molar-refractivity contribution in [3.8, 4) is 5.75 Å². The van der Waals surface area contributed by atoms with Crippen LogP contribution in [-0.2, 0) is 4.74 Å². The number of unbranched alkanes of at least 4 members (excludes halogenated alkanes) is 2. The second-order valence-electron chi connectivity index (χ2n) is 7.79. The van der Waals surface area contributed by atoms with E-state index in [9.17, 15) is 14.4 Å². The van der Waals surface area contributed by atoms with Gasteiger partial charge in [-0.2, -0.15) is 4.99 Å². The molecule has 7 heteroatoms. The Morgan fingerprint density at radius 3 is 2.53 bits per heavy atom. The fourth-order valence-electron chi connectivity index (χ4n) is 3.03. The van der Waals surface area contributed by atoms with Crippen LogP contribution in [0.25, 0.3) is 0 Å². The molecular formula is C25H35NO6. The Balaban J connectivity index is 2.96. The van der Waals surface area contributed by atoms with Crippen molar-refractivity contribution < 1.29 is 23.5 Å². The van der Waals surface area contributed by atoms with Gasteiger partial charge in [-0.25, -0.2) is 9.59 Å². The number of carbonyl (C=O) groups is 2. The summed E-state index contributed by atoms with van der Waals surface area (Å²) in [7, 11) is 2.70. The summed E-state index contributed by atoms with van der Waals surface area (Å²) in [5.74, 6) is 0.173. The van der Waals surface area contributed by atoms with Crippen molar-refractivity contribution >= 4 is 18.1 Å². The highest BCUT2D eigenvalue weighted by Gasteiger charge is 2.22. The number of hydrogen-bond acceptors (Lipinski definition) is 6. The Kier molecular flexibility index (Phi) is 12.0. The van der Waals surface area contributed by atoms with E-state index in [1.807, 2.05) is 19.9 Å². The maximum atomic E-state index is 12.9. The molecule has 0 bridgehead atoms. The lowest BCUT2D eigenvalue weighted by Crippen LogP contribution is -2.18. The molecule has 0 aliphatic heterocycles. The number of nitrogens with zero attached hydrogens (tertiary/aromatic N) is 1. The maximum absolute atomic E-state index is 12.9. The van der Waals surface area contributed by atoms with Crippen LogP contribution >= 0.6 is 0 Å². The molecule has 1 atom stereocenters. The first-order chi connectivity index (χ1) is 15.2. The van der Waals surface area contributed by atoms with Crippen molar-refractivity contribution in [2.75, 3.05) is 14.2 Å². The van der Waals surface area contributed by atoms with Crippen molar-refractivity contribution in [2.24, 2.45) is 4.99 Å². The van der Waals surface area contributed by atoms with Crippen molar-refractivity contribution in [2.45, 2.75) is 72.1 Å². The van der Waals surface area contributed by atoms with E-state index in [-0.39, 0.29) is 17.2 Å². The molecule has 176 valence electrons. The van der Waals surface area contributed by atoms with E-state index >= 15 is 0 Å². The minimum atomic E-state index is -0.706. The number of hydrogen-bond donors (Lipinski definition) is 0. The predicted molar refractivity (Wildman–Crippen MR) is 126 cm³/mol. The molecule has 7 nitrogen and oxygen atoms in total. The van der Waals surface area contributed by atoms with E-state index in [1.165, 1.54) is 26.0 Å². The van der Waals surface area contributed by atoms with Crippen LogP contribution in [0.1, 0.15) is 88.3 Å². The van der Waals surface area contributed by atoms with Gasteiger partial charge in [0.05, 0.1) is 14.2 Å². The Labute approximate surface area is 190 Å². The first kappa shape index (κ1) is 27.1. The van der Waals surface area contributed by atoms with Gasteiger partial charge in [-0.1, -0.05) is 38.0 Å². The normalized spacial score (nSPS) is 13.3. The number of Topliss-reactive ketones (excluding diaryl/α,β-unsaturated/α-hetero) is 1. The average Bonchev–Trinajstić information content (AvgIpc) is 2.79. The minimum Gasteiger partial charge on any atom is -0.496 e. The molecule has 0 spiro atoms. The number of rotatable bonds is 12. The van der Waals surface area contributed by atoms with E-state index in [1.54, 1.807) is 19.1 Å². The summed E-state index contributed by atoms with van der Waals surface area (Å²) in [6.07, 6.45) is 9.72. The molecule has 0 saturated carbocycles. The summed E-state index contributed by atoms with van der Waals surface area (Å²) in [6.45, 7) is 7.76. The number of allylic oxidation sites excluding steroid dienone is 4. The summed E-state index contributed by atoms with van der Waals surface area (Å²) >= 11 is 0. The van der Waals surface area contributed by atoms with E-state index in [2.05, 4.69) is 16.7 Å². The van der Waals surface area contributed by atoms with Gasteiger partial charge < -0.3 is 13.9 Å². The molecule has 0 saturated heterocycles. The molecule has 1 amide bonds. The van der Waals surface area contributed by atoms with Gasteiger partial charge >= 0.3 is 11.7 Å². The third-order valence-electron chi connectivity index (χ3n) is 5.11. The van der Waals surface area contributed by atoms with Crippen LogP contribution in [-0.4, -0.2) is 32.3 Å². The Hall–Kier alpha value is -2.96. The molecule has 32 heavy (non-hydrogen) atoms. The van der Waals surface area contributed by atoms with E-state index in [0.717, 1.165) is 25.7 Å². The molecule has 1 heterocycles. The Morgan fingerprint density at radius 2 is 1.91 bits per heavy atom. The number of amides is 1. The maximum Gasteiger partial charge on any atom is 0.432 e. The largest absolute Gasteiger partial charge is 0.496 e. The SMILES string of the molecule is CCCC/C(C)=C/C=C(\C)C(=O)c1c(OC)cc(C(C)CCC/C=N/C(=O)OC)oc1=O. The van der Waals surface area contributed by atoms with Crippen molar-refractivity contribution in [3.63, 3.8) is 0 Å². The Morgan fingerprint density at radius 1 is 1.19 bits per heavy atom. The van der Waals surface area contributed by atoms with Gasteiger partial charge in [-0.15, -0.1) is 0 Å². The van der Waals surface area contributed by atoms with E-state index in [0.29, 0.717) is 24.2 Å². The van der Waals surface area contributed by atoms with Gasteiger partial charge in [-0.3, -0.25) is 4.79 Å². The first-order valence-electron chi connectivity index (χ1n) is 11.0. The molecule has 0 radical (unpaired) electrons. The quantitative estimate of drug-likeness (QED) is 0.128.